The van der Waals surface area contributed by atoms with Gasteiger partial charge in [0.1, 0.15) is 0 Å². The van der Waals surface area contributed by atoms with Gasteiger partial charge in [0.05, 0.1) is 17.2 Å². The molecule has 0 bridgehead atoms. The molecule has 0 aliphatic rings. The highest BCUT2D eigenvalue weighted by Gasteiger charge is 2.14. The third kappa shape index (κ3) is 2.01. The fourth-order valence-corrected chi connectivity index (χ4v) is 3.18. The lowest BCUT2D eigenvalue weighted by atomic mass is 10.1. The Balaban J connectivity index is 2.10. The number of aromatic amines is 1. The molecule has 3 nitrogen and oxygen atoms in total. The van der Waals surface area contributed by atoms with Crippen LogP contribution in [0.3, 0.4) is 0 Å². The van der Waals surface area contributed by atoms with E-state index in [4.69, 9.17) is 11.6 Å². The van der Waals surface area contributed by atoms with Crippen molar-refractivity contribution in [2.45, 2.75) is 19.8 Å². The highest BCUT2D eigenvalue weighted by atomic mass is 35.5. The Morgan fingerprint density at radius 2 is 1.95 bits per heavy atom. The Hall–Kier alpha value is -2.26. The van der Waals surface area contributed by atoms with Gasteiger partial charge in [-0.25, -0.2) is 0 Å². The summed E-state index contributed by atoms with van der Waals surface area (Å²) in [7, 11) is 0. The number of nitrogens with zero attached hydrogens (tertiary/aromatic N) is 2. The molecule has 22 heavy (non-hydrogen) atoms. The van der Waals surface area contributed by atoms with Crippen LogP contribution in [0.25, 0.3) is 27.5 Å². The first-order valence-electron chi connectivity index (χ1n) is 7.38. The zero-order valence-electron chi connectivity index (χ0n) is 12.5. The van der Waals surface area contributed by atoms with Crippen molar-refractivity contribution >= 4 is 33.4 Å². The second-order valence-electron chi connectivity index (χ2n) is 5.91. The van der Waals surface area contributed by atoms with E-state index in [-0.39, 0.29) is 0 Å². The molecule has 0 amide bonds. The third-order valence-electron chi connectivity index (χ3n) is 4.05. The highest BCUT2D eigenvalue weighted by Crippen LogP contribution is 2.32. The second-order valence-corrected chi connectivity index (χ2v) is 6.34. The Bertz CT molecular complexity index is 979. The van der Waals surface area contributed by atoms with E-state index in [1.54, 1.807) is 0 Å². The molecule has 0 radical (unpaired) electrons. The van der Waals surface area contributed by atoms with Crippen molar-refractivity contribution in [3.63, 3.8) is 0 Å². The zero-order chi connectivity index (χ0) is 15.3. The predicted octanol–water partition coefficient (Wildman–Crippen LogP) is 5.28. The van der Waals surface area contributed by atoms with Crippen molar-refractivity contribution in [3.8, 4) is 5.69 Å². The molecule has 0 saturated carbocycles. The van der Waals surface area contributed by atoms with Gasteiger partial charge in [-0.3, -0.25) is 5.10 Å². The van der Waals surface area contributed by atoms with Gasteiger partial charge >= 0.3 is 0 Å². The number of H-pyrrole nitrogens is 1. The van der Waals surface area contributed by atoms with Crippen molar-refractivity contribution in [3.05, 3.63) is 59.4 Å². The van der Waals surface area contributed by atoms with Gasteiger partial charge < -0.3 is 4.57 Å². The summed E-state index contributed by atoms with van der Waals surface area (Å²) < 4.78 is 2.29. The van der Waals surface area contributed by atoms with Crippen molar-refractivity contribution in [1.29, 1.82) is 0 Å². The zero-order valence-corrected chi connectivity index (χ0v) is 13.2. The maximum atomic E-state index is 6.19. The summed E-state index contributed by atoms with van der Waals surface area (Å²) in [6.07, 6.45) is 1.86. The van der Waals surface area contributed by atoms with Crippen molar-refractivity contribution in [2.24, 2.45) is 0 Å². The minimum absolute atomic E-state index is 0.419. The summed E-state index contributed by atoms with van der Waals surface area (Å²) >= 11 is 6.19. The quantitative estimate of drug-likeness (QED) is 0.536. The summed E-state index contributed by atoms with van der Waals surface area (Å²) in [6, 6.07) is 14.6. The lowest BCUT2D eigenvalue weighted by Crippen LogP contribution is -2.01. The fraction of sp³-hybridized carbons (Fsp3) is 0.167. The van der Waals surface area contributed by atoms with Crippen LogP contribution in [0.1, 0.15) is 25.5 Å². The van der Waals surface area contributed by atoms with E-state index in [0.29, 0.717) is 5.92 Å². The summed E-state index contributed by atoms with van der Waals surface area (Å²) in [5.41, 5.74) is 4.61. The number of hydrogen-bond donors (Lipinski definition) is 1. The number of benzene rings is 2. The van der Waals surface area contributed by atoms with E-state index in [1.165, 1.54) is 16.6 Å². The van der Waals surface area contributed by atoms with E-state index >= 15 is 0 Å². The van der Waals surface area contributed by atoms with Gasteiger partial charge in [0.15, 0.2) is 0 Å². The molecule has 0 saturated heterocycles. The lowest BCUT2D eigenvalue weighted by molar-refractivity contribution is 0.796. The minimum Gasteiger partial charge on any atom is -0.313 e. The second kappa shape index (κ2) is 4.89. The van der Waals surface area contributed by atoms with E-state index in [9.17, 15) is 0 Å². The predicted molar refractivity (Wildman–Crippen MR) is 92.0 cm³/mol. The first kappa shape index (κ1) is 13.4. The van der Waals surface area contributed by atoms with Gasteiger partial charge in [-0.1, -0.05) is 31.5 Å². The standard InChI is InChI=1S/C18H16ClN3/c1-11(2)17-7-12-6-16-13(10-20-21-16)8-18(12)22(17)15-5-3-4-14(19)9-15/h3-11H,1-2H3,(H,20,21). The molecule has 4 aromatic rings. The normalized spacial score (nSPS) is 11.8. The van der Waals surface area contributed by atoms with Crippen LogP contribution in [0.2, 0.25) is 5.02 Å². The van der Waals surface area contributed by atoms with E-state index in [2.05, 4.69) is 52.9 Å². The number of nitrogens with one attached hydrogen (secondary N) is 1. The molecule has 0 spiro atoms. The first-order chi connectivity index (χ1) is 10.6. The molecule has 2 aromatic heterocycles. The van der Waals surface area contributed by atoms with E-state index in [0.717, 1.165) is 21.6 Å². The molecular weight excluding hydrogens is 294 g/mol. The summed E-state index contributed by atoms with van der Waals surface area (Å²) in [6.45, 7) is 4.42. The van der Waals surface area contributed by atoms with Crippen LogP contribution in [0.5, 0.6) is 0 Å². The van der Waals surface area contributed by atoms with E-state index < -0.39 is 0 Å². The summed E-state index contributed by atoms with van der Waals surface area (Å²) in [5.74, 6) is 0.419. The Labute approximate surface area is 133 Å². The van der Waals surface area contributed by atoms with Gasteiger partial charge in [0.25, 0.3) is 0 Å². The fourth-order valence-electron chi connectivity index (χ4n) is 3.00. The number of halogens is 1. The number of hydrogen-bond acceptors (Lipinski definition) is 1. The first-order valence-corrected chi connectivity index (χ1v) is 7.76. The number of rotatable bonds is 2. The van der Waals surface area contributed by atoms with Crippen LogP contribution >= 0.6 is 11.6 Å². The molecule has 4 rings (SSSR count). The average molecular weight is 310 g/mol. The van der Waals surface area contributed by atoms with Gasteiger partial charge in [-0.05, 0) is 42.3 Å². The Kier molecular flexibility index (Phi) is 2.98. The monoisotopic (exact) mass is 309 g/mol. The maximum absolute atomic E-state index is 6.19. The smallest absolute Gasteiger partial charge is 0.0657 e. The van der Waals surface area contributed by atoms with Crippen LogP contribution in [0.4, 0.5) is 0 Å². The third-order valence-corrected chi connectivity index (χ3v) is 4.28. The molecule has 4 heteroatoms. The van der Waals surface area contributed by atoms with Crippen LogP contribution in [-0.2, 0) is 0 Å². The van der Waals surface area contributed by atoms with E-state index in [1.807, 2.05) is 24.4 Å². The summed E-state index contributed by atoms with van der Waals surface area (Å²) in [5, 5.41) is 10.2. The van der Waals surface area contributed by atoms with Crippen molar-refractivity contribution in [2.75, 3.05) is 0 Å². The average Bonchev–Trinajstić information content (AvgIpc) is 3.07. The largest absolute Gasteiger partial charge is 0.313 e. The number of fused-ring (bicyclic) bond motifs is 2. The Morgan fingerprint density at radius 1 is 1.09 bits per heavy atom. The molecule has 2 heterocycles. The van der Waals surface area contributed by atoms with Gasteiger partial charge in [-0.15, -0.1) is 0 Å². The molecule has 0 aliphatic carbocycles. The SMILES string of the molecule is CC(C)c1cc2cc3[nH]ncc3cc2n1-c1cccc(Cl)c1. The topological polar surface area (TPSA) is 33.6 Å². The molecule has 0 atom stereocenters. The van der Waals surface area contributed by atoms with Crippen LogP contribution < -0.4 is 0 Å². The molecule has 0 unspecified atom stereocenters. The van der Waals surface area contributed by atoms with Gasteiger partial charge in [0, 0.05) is 27.2 Å². The Morgan fingerprint density at radius 3 is 2.73 bits per heavy atom. The summed E-state index contributed by atoms with van der Waals surface area (Å²) in [4.78, 5) is 0. The number of aromatic nitrogens is 3. The van der Waals surface area contributed by atoms with Crippen molar-refractivity contribution in [1.82, 2.24) is 14.8 Å². The van der Waals surface area contributed by atoms with Crippen LogP contribution in [-0.4, -0.2) is 14.8 Å². The minimum atomic E-state index is 0.419. The molecule has 0 aliphatic heterocycles. The van der Waals surface area contributed by atoms with Gasteiger partial charge in [-0.2, -0.15) is 5.10 Å². The molecule has 1 N–H and O–H groups in total. The molecule has 2 aromatic carbocycles. The van der Waals surface area contributed by atoms with Crippen molar-refractivity contribution < 1.29 is 0 Å². The molecular formula is C18H16ClN3. The maximum Gasteiger partial charge on any atom is 0.0657 e. The molecule has 110 valence electrons. The highest BCUT2D eigenvalue weighted by molar-refractivity contribution is 6.30. The van der Waals surface area contributed by atoms with Gasteiger partial charge in [0.2, 0.25) is 0 Å². The van der Waals surface area contributed by atoms with Crippen LogP contribution in [0, 0.1) is 0 Å². The molecule has 0 fully saturated rings. The lowest BCUT2D eigenvalue weighted by Gasteiger charge is -2.13. The van der Waals surface area contributed by atoms with Crippen LogP contribution in [0.15, 0.2) is 48.7 Å².